The lowest BCUT2D eigenvalue weighted by Gasteiger charge is -2.12. The van der Waals surface area contributed by atoms with Gasteiger partial charge in [-0.05, 0) is 48.6 Å². The average Bonchev–Trinajstić information content (AvgIpc) is 3.26. The number of amides is 1. The Labute approximate surface area is 150 Å². The van der Waals surface area contributed by atoms with Crippen LogP contribution in [0.1, 0.15) is 36.3 Å². The average molecular weight is 357 g/mol. The molecule has 0 bridgehead atoms. The van der Waals surface area contributed by atoms with E-state index in [0.717, 1.165) is 22.6 Å². The standard InChI is InChI=1S/C19H20FN3OS/c1-3-13(2)21-19(24)17-11-16(18-5-4-10-25-18)22-23(17)12-14-6-8-15(20)9-7-14/h4-11,13H,3,12H2,1-2H3,(H,21,24)/t13-/m0/s1. The van der Waals surface area contributed by atoms with Crippen LogP contribution in [0, 0.1) is 5.82 Å². The summed E-state index contributed by atoms with van der Waals surface area (Å²) in [4.78, 5) is 13.6. The second-order valence-electron chi connectivity index (χ2n) is 5.96. The van der Waals surface area contributed by atoms with Gasteiger partial charge in [0.2, 0.25) is 0 Å². The maximum atomic E-state index is 13.1. The van der Waals surface area contributed by atoms with Gasteiger partial charge < -0.3 is 5.32 Å². The second-order valence-corrected chi connectivity index (χ2v) is 6.91. The molecule has 0 unspecified atom stereocenters. The molecule has 6 heteroatoms. The van der Waals surface area contributed by atoms with Gasteiger partial charge >= 0.3 is 0 Å². The van der Waals surface area contributed by atoms with Crippen LogP contribution in [0.25, 0.3) is 10.6 Å². The molecule has 130 valence electrons. The fourth-order valence-electron chi connectivity index (χ4n) is 2.43. The largest absolute Gasteiger partial charge is 0.348 e. The first kappa shape index (κ1) is 17.4. The van der Waals surface area contributed by atoms with Gasteiger partial charge in [-0.2, -0.15) is 5.10 Å². The van der Waals surface area contributed by atoms with Crippen LogP contribution in [0.3, 0.4) is 0 Å². The SMILES string of the molecule is CC[C@H](C)NC(=O)c1cc(-c2cccs2)nn1Cc1ccc(F)cc1. The molecule has 25 heavy (non-hydrogen) atoms. The minimum absolute atomic E-state index is 0.0897. The lowest BCUT2D eigenvalue weighted by Crippen LogP contribution is -2.33. The molecule has 0 aliphatic carbocycles. The predicted molar refractivity (Wildman–Crippen MR) is 98.3 cm³/mol. The summed E-state index contributed by atoms with van der Waals surface area (Å²) in [5.41, 5.74) is 2.17. The Morgan fingerprint density at radius 2 is 2.08 bits per heavy atom. The Bertz CT molecular complexity index is 840. The molecular formula is C19H20FN3OS. The molecule has 2 aromatic heterocycles. The van der Waals surface area contributed by atoms with E-state index in [0.29, 0.717) is 12.2 Å². The van der Waals surface area contributed by atoms with E-state index in [2.05, 4.69) is 10.4 Å². The van der Waals surface area contributed by atoms with Crippen LogP contribution in [-0.4, -0.2) is 21.7 Å². The number of thiophene rings is 1. The third-order valence-electron chi connectivity index (χ3n) is 4.02. The van der Waals surface area contributed by atoms with Gasteiger partial charge in [0.1, 0.15) is 17.2 Å². The highest BCUT2D eigenvalue weighted by molar-refractivity contribution is 7.13. The molecule has 3 aromatic rings. The van der Waals surface area contributed by atoms with Crippen molar-refractivity contribution in [1.29, 1.82) is 0 Å². The van der Waals surface area contributed by atoms with Gasteiger partial charge in [-0.25, -0.2) is 4.39 Å². The van der Waals surface area contributed by atoms with Crippen molar-refractivity contribution in [2.24, 2.45) is 0 Å². The molecule has 0 spiro atoms. The van der Waals surface area contributed by atoms with Gasteiger partial charge in [-0.15, -0.1) is 11.3 Å². The highest BCUT2D eigenvalue weighted by Crippen LogP contribution is 2.24. The zero-order valence-electron chi connectivity index (χ0n) is 14.2. The Hall–Kier alpha value is -2.47. The molecular weight excluding hydrogens is 337 g/mol. The number of aromatic nitrogens is 2. The summed E-state index contributed by atoms with van der Waals surface area (Å²) in [5, 5.41) is 9.56. The van der Waals surface area contributed by atoms with Crippen molar-refractivity contribution in [3.05, 3.63) is 64.9 Å². The smallest absolute Gasteiger partial charge is 0.269 e. The fraction of sp³-hybridized carbons (Fsp3) is 0.263. The first-order valence-corrected chi connectivity index (χ1v) is 9.12. The Balaban J connectivity index is 1.93. The summed E-state index contributed by atoms with van der Waals surface area (Å²) in [5.74, 6) is -0.426. The maximum Gasteiger partial charge on any atom is 0.269 e. The van der Waals surface area contributed by atoms with E-state index in [1.807, 2.05) is 37.4 Å². The van der Waals surface area contributed by atoms with E-state index in [1.54, 1.807) is 28.2 Å². The third kappa shape index (κ3) is 4.14. The van der Waals surface area contributed by atoms with Crippen LogP contribution >= 0.6 is 11.3 Å². The van der Waals surface area contributed by atoms with Crippen molar-refractivity contribution in [3.8, 4) is 10.6 Å². The summed E-state index contributed by atoms with van der Waals surface area (Å²) in [6.45, 7) is 4.41. The molecule has 0 aliphatic rings. The van der Waals surface area contributed by atoms with Crippen molar-refractivity contribution in [2.75, 3.05) is 0 Å². The zero-order valence-corrected chi connectivity index (χ0v) is 15.0. The maximum absolute atomic E-state index is 13.1. The first-order valence-electron chi connectivity index (χ1n) is 8.24. The van der Waals surface area contributed by atoms with E-state index in [9.17, 15) is 9.18 Å². The summed E-state index contributed by atoms with van der Waals surface area (Å²) in [6.07, 6.45) is 0.857. The Morgan fingerprint density at radius 1 is 1.32 bits per heavy atom. The van der Waals surface area contributed by atoms with Gasteiger partial charge in [-0.1, -0.05) is 25.1 Å². The monoisotopic (exact) mass is 357 g/mol. The van der Waals surface area contributed by atoms with Crippen LogP contribution in [-0.2, 0) is 6.54 Å². The number of nitrogens with zero attached hydrogens (tertiary/aromatic N) is 2. The van der Waals surface area contributed by atoms with E-state index in [1.165, 1.54) is 12.1 Å². The molecule has 0 fully saturated rings. The van der Waals surface area contributed by atoms with Crippen LogP contribution in [0.15, 0.2) is 47.8 Å². The number of carbonyl (C=O) groups excluding carboxylic acids is 1. The molecule has 4 nitrogen and oxygen atoms in total. The molecule has 0 saturated heterocycles. The van der Waals surface area contributed by atoms with E-state index < -0.39 is 0 Å². The topological polar surface area (TPSA) is 46.9 Å². The van der Waals surface area contributed by atoms with Crippen LogP contribution in [0.4, 0.5) is 4.39 Å². The first-order chi connectivity index (χ1) is 12.1. The van der Waals surface area contributed by atoms with Gasteiger partial charge in [0.25, 0.3) is 5.91 Å². The summed E-state index contributed by atoms with van der Waals surface area (Å²) in [6, 6.07) is 12.1. The van der Waals surface area contributed by atoms with E-state index in [-0.39, 0.29) is 17.8 Å². The number of nitrogens with one attached hydrogen (secondary N) is 1. The van der Waals surface area contributed by atoms with Crippen LogP contribution in [0.2, 0.25) is 0 Å². The second kappa shape index (κ2) is 7.61. The number of benzene rings is 1. The molecule has 1 aromatic carbocycles. The van der Waals surface area contributed by atoms with Crippen molar-refractivity contribution < 1.29 is 9.18 Å². The molecule has 1 amide bonds. The number of hydrogen-bond acceptors (Lipinski definition) is 3. The van der Waals surface area contributed by atoms with Crippen molar-refractivity contribution in [3.63, 3.8) is 0 Å². The van der Waals surface area contributed by atoms with Gasteiger partial charge in [0.15, 0.2) is 0 Å². The van der Waals surface area contributed by atoms with E-state index >= 15 is 0 Å². The summed E-state index contributed by atoms with van der Waals surface area (Å²) in [7, 11) is 0. The molecule has 0 aliphatic heterocycles. The van der Waals surface area contributed by atoms with E-state index in [4.69, 9.17) is 0 Å². The zero-order chi connectivity index (χ0) is 17.8. The van der Waals surface area contributed by atoms with Crippen molar-refractivity contribution >= 4 is 17.2 Å². The number of rotatable bonds is 6. The number of halogens is 1. The predicted octanol–water partition coefficient (Wildman–Crippen LogP) is 4.33. The Morgan fingerprint density at radius 3 is 2.72 bits per heavy atom. The van der Waals surface area contributed by atoms with Crippen LogP contribution in [0.5, 0.6) is 0 Å². The van der Waals surface area contributed by atoms with Gasteiger partial charge in [0, 0.05) is 6.04 Å². The summed E-state index contributed by atoms with van der Waals surface area (Å²) >= 11 is 1.58. The lowest BCUT2D eigenvalue weighted by molar-refractivity contribution is 0.0929. The van der Waals surface area contributed by atoms with Crippen molar-refractivity contribution in [1.82, 2.24) is 15.1 Å². The third-order valence-corrected chi connectivity index (χ3v) is 4.91. The minimum atomic E-state index is -0.279. The number of carbonyl (C=O) groups is 1. The molecule has 0 saturated carbocycles. The van der Waals surface area contributed by atoms with Gasteiger partial charge in [-0.3, -0.25) is 9.48 Å². The minimum Gasteiger partial charge on any atom is -0.348 e. The highest BCUT2D eigenvalue weighted by atomic mass is 32.1. The fourth-order valence-corrected chi connectivity index (χ4v) is 3.11. The summed E-state index contributed by atoms with van der Waals surface area (Å²) < 4.78 is 14.8. The molecule has 1 N–H and O–H groups in total. The highest BCUT2D eigenvalue weighted by Gasteiger charge is 2.18. The molecule has 2 heterocycles. The van der Waals surface area contributed by atoms with Gasteiger partial charge in [0.05, 0.1) is 11.4 Å². The Kier molecular flexibility index (Phi) is 5.28. The molecule has 3 rings (SSSR count). The lowest BCUT2D eigenvalue weighted by atomic mass is 10.2. The normalized spacial score (nSPS) is 12.1. The molecule has 1 atom stereocenters. The van der Waals surface area contributed by atoms with Crippen LogP contribution < -0.4 is 5.32 Å². The quantitative estimate of drug-likeness (QED) is 0.714. The van der Waals surface area contributed by atoms with Crippen molar-refractivity contribution in [2.45, 2.75) is 32.9 Å². The number of hydrogen-bond donors (Lipinski definition) is 1. The molecule has 0 radical (unpaired) electrons.